The van der Waals surface area contributed by atoms with Crippen molar-refractivity contribution in [3.8, 4) is 0 Å². The van der Waals surface area contributed by atoms with Crippen LogP contribution in [0.3, 0.4) is 0 Å². The molecule has 0 saturated carbocycles. The third-order valence-corrected chi connectivity index (χ3v) is 5.57. The molecule has 0 saturated heterocycles. The van der Waals surface area contributed by atoms with Gasteiger partial charge in [-0.15, -0.1) is 11.3 Å². The Morgan fingerprint density at radius 2 is 1.95 bits per heavy atom. The predicted molar refractivity (Wildman–Crippen MR) is 89.6 cm³/mol. The molecule has 1 heterocycles. The van der Waals surface area contributed by atoms with E-state index in [4.69, 9.17) is 4.98 Å². The van der Waals surface area contributed by atoms with Gasteiger partial charge in [-0.2, -0.15) is 11.8 Å². The predicted octanol–water partition coefficient (Wildman–Crippen LogP) is 4.54. The Labute approximate surface area is 126 Å². The summed E-state index contributed by atoms with van der Waals surface area (Å²) in [6, 6.07) is 0.951. The van der Waals surface area contributed by atoms with Crippen molar-refractivity contribution in [2.24, 2.45) is 0 Å². The molecule has 0 radical (unpaired) electrons. The summed E-state index contributed by atoms with van der Waals surface area (Å²) in [5.74, 6) is 1.22. The molecule has 0 amide bonds. The summed E-state index contributed by atoms with van der Waals surface area (Å²) >= 11 is 3.78. The quantitative estimate of drug-likeness (QED) is 0.835. The van der Waals surface area contributed by atoms with Crippen LogP contribution in [0.5, 0.6) is 0 Å². The molecule has 1 aromatic rings. The van der Waals surface area contributed by atoms with E-state index in [0.717, 1.165) is 0 Å². The SMILES string of the molecule is CSCCC(C)NC(C)c1sc(C(C)(C)C)nc1C. The molecule has 0 aliphatic carbocycles. The van der Waals surface area contributed by atoms with Crippen LogP contribution < -0.4 is 5.32 Å². The first-order valence-corrected chi connectivity index (χ1v) is 9.19. The van der Waals surface area contributed by atoms with Crippen LogP contribution in [0.25, 0.3) is 0 Å². The van der Waals surface area contributed by atoms with Gasteiger partial charge in [0, 0.05) is 22.4 Å². The summed E-state index contributed by atoms with van der Waals surface area (Å²) in [6.45, 7) is 13.3. The van der Waals surface area contributed by atoms with Crippen LogP contribution in [0, 0.1) is 6.92 Å². The Kier molecular flexibility index (Phi) is 6.34. The minimum absolute atomic E-state index is 0.151. The van der Waals surface area contributed by atoms with Crippen LogP contribution in [0.15, 0.2) is 0 Å². The number of thioether (sulfide) groups is 1. The highest BCUT2D eigenvalue weighted by molar-refractivity contribution is 7.98. The number of aryl methyl sites for hydroxylation is 1. The number of thiazole rings is 1. The van der Waals surface area contributed by atoms with Gasteiger partial charge < -0.3 is 5.32 Å². The van der Waals surface area contributed by atoms with Crippen LogP contribution in [-0.2, 0) is 5.41 Å². The minimum Gasteiger partial charge on any atom is -0.307 e. The molecular weight excluding hydrogens is 272 g/mol. The number of hydrogen-bond acceptors (Lipinski definition) is 4. The molecule has 0 spiro atoms. The normalized spacial score (nSPS) is 15.5. The summed E-state index contributed by atoms with van der Waals surface area (Å²) in [5, 5.41) is 4.93. The van der Waals surface area contributed by atoms with Crippen molar-refractivity contribution in [3.63, 3.8) is 0 Å². The standard InChI is InChI=1S/C15H28N2S2/c1-10(8-9-18-7)16-11(2)13-12(3)17-14(19-13)15(4,5)6/h10-11,16H,8-9H2,1-7H3. The fraction of sp³-hybridized carbons (Fsp3) is 0.800. The zero-order valence-corrected chi connectivity index (χ0v) is 15.0. The molecule has 4 heteroatoms. The van der Waals surface area contributed by atoms with E-state index < -0.39 is 0 Å². The van der Waals surface area contributed by atoms with Gasteiger partial charge in [-0.25, -0.2) is 4.98 Å². The van der Waals surface area contributed by atoms with Gasteiger partial charge in [0.2, 0.25) is 0 Å². The second kappa shape index (κ2) is 7.09. The number of nitrogens with one attached hydrogen (secondary N) is 1. The van der Waals surface area contributed by atoms with Crippen molar-refractivity contribution < 1.29 is 0 Å². The number of aromatic nitrogens is 1. The van der Waals surface area contributed by atoms with Crippen molar-refractivity contribution in [1.82, 2.24) is 10.3 Å². The Bertz CT molecular complexity index is 393. The molecule has 0 bridgehead atoms. The Morgan fingerprint density at radius 1 is 1.32 bits per heavy atom. The van der Waals surface area contributed by atoms with Crippen LogP contribution in [-0.4, -0.2) is 23.0 Å². The molecule has 1 N–H and O–H groups in total. The third kappa shape index (κ3) is 5.09. The van der Waals surface area contributed by atoms with Gasteiger partial charge >= 0.3 is 0 Å². The van der Waals surface area contributed by atoms with Gasteiger partial charge in [0.05, 0.1) is 10.7 Å². The summed E-state index contributed by atoms with van der Waals surface area (Å²) in [6.07, 6.45) is 3.38. The second-order valence-electron chi connectivity index (χ2n) is 6.29. The van der Waals surface area contributed by atoms with Gasteiger partial charge in [-0.1, -0.05) is 20.8 Å². The molecule has 110 valence electrons. The molecule has 2 unspecified atom stereocenters. The monoisotopic (exact) mass is 300 g/mol. The molecule has 19 heavy (non-hydrogen) atoms. The average molecular weight is 301 g/mol. The lowest BCUT2D eigenvalue weighted by atomic mass is 9.98. The van der Waals surface area contributed by atoms with Crippen LogP contribution in [0.1, 0.15) is 62.7 Å². The largest absolute Gasteiger partial charge is 0.307 e. The van der Waals surface area contributed by atoms with Crippen molar-refractivity contribution in [2.75, 3.05) is 12.0 Å². The fourth-order valence-electron chi connectivity index (χ4n) is 2.01. The molecule has 2 nitrogen and oxygen atoms in total. The maximum atomic E-state index is 4.75. The van der Waals surface area contributed by atoms with Crippen LogP contribution in [0.4, 0.5) is 0 Å². The lowest BCUT2D eigenvalue weighted by molar-refractivity contribution is 0.474. The van der Waals surface area contributed by atoms with E-state index in [-0.39, 0.29) is 5.41 Å². The van der Waals surface area contributed by atoms with Gasteiger partial charge in [0.15, 0.2) is 0 Å². The van der Waals surface area contributed by atoms with Crippen LogP contribution >= 0.6 is 23.1 Å². The van der Waals surface area contributed by atoms with Gasteiger partial charge in [0.1, 0.15) is 0 Å². The smallest absolute Gasteiger partial charge is 0.0985 e. The summed E-state index contributed by atoms with van der Waals surface area (Å²) in [7, 11) is 0. The number of hydrogen-bond donors (Lipinski definition) is 1. The molecular formula is C15H28N2S2. The maximum Gasteiger partial charge on any atom is 0.0985 e. The highest BCUT2D eigenvalue weighted by atomic mass is 32.2. The van der Waals surface area contributed by atoms with E-state index in [9.17, 15) is 0 Å². The lowest BCUT2D eigenvalue weighted by Gasteiger charge is -2.19. The minimum atomic E-state index is 0.151. The van der Waals surface area contributed by atoms with E-state index in [0.29, 0.717) is 12.1 Å². The first-order chi connectivity index (χ1) is 8.75. The Balaban J connectivity index is 2.72. The van der Waals surface area contributed by atoms with E-state index in [2.05, 4.69) is 53.1 Å². The number of rotatable bonds is 6. The molecule has 0 aliphatic heterocycles. The molecule has 1 aromatic heterocycles. The highest BCUT2D eigenvalue weighted by Crippen LogP contribution is 2.32. The van der Waals surface area contributed by atoms with Gasteiger partial charge in [-0.3, -0.25) is 0 Å². The fourth-order valence-corrected chi connectivity index (χ4v) is 3.74. The highest BCUT2D eigenvalue weighted by Gasteiger charge is 2.22. The maximum absolute atomic E-state index is 4.75. The molecule has 1 rings (SSSR count). The first kappa shape index (κ1) is 17.0. The molecule has 0 aromatic carbocycles. The van der Waals surface area contributed by atoms with Gasteiger partial charge in [-0.05, 0) is 39.2 Å². The van der Waals surface area contributed by atoms with Crippen molar-refractivity contribution in [1.29, 1.82) is 0 Å². The van der Waals surface area contributed by atoms with Crippen molar-refractivity contribution >= 4 is 23.1 Å². The van der Waals surface area contributed by atoms with Crippen molar-refractivity contribution in [3.05, 3.63) is 15.6 Å². The Hall–Kier alpha value is -0.0600. The van der Waals surface area contributed by atoms with Crippen LogP contribution in [0.2, 0.25) is 0 Å². The van der Waals surface area contributed by atoms with Crippen molar-refractivity contribution in [2.45, 2.75) is 65.5 Å². The molecule has 0 aliphatic rings. The van der Waals surface area contributed by atoms with E-state index >= 15 is 0 Å². The zero-order valence-electron chi connectivity index (χ0n) is 13.3. The van der Waals surface area contributed by atoms with E-state index in [1.54, 1.807) is 0 Å². The third-order valence-electron chi connectivity index (χ3n) is 3.16. The first-order valence-electron chi connectivity index (χ1n) is 6.98. The number of nitrogens with zero attached hydrogens (tertiary/aromatic N) is 1. The summed E-state index contributed by atoms with van der Waals surface area (Å²) in [5.41, 5.74) is 1.34. The van der Waals surface area contributed by atoms with E-state index in [1.807, 2.05) is 23.1 Å². The lowest BCUT2D eigenvalue weighted by Crippen LogP contribution is -2.29. The van der Waals surface area contributed by atoms with Gasteiger partial charge in [0.25, 0.3) is 0 Å². The summed E-state index contributed by atoms with van der Waals surface area (Å²) in [4.78, 5) is 6.14. The average Bonchev–Trinajstić information content (AvgIpc) is 2.68. The summed E-state index contributed by atoms with van der Waals surface area (Å²) < 4.78 is 0. The Morgan fingerprint density at radius 3 is 2.42 bits per heavy atom. The van der Waals surface area contributed by atoms with E-state index in [1.165, 1.54) is 27.8 Å². The second-order valence-corrected chi connectivity index (χ2v) is 8.31. The zero-order chi connectivity index (χ0) is 14.6. The topological polar surface area (TPSA) is 24.9 Å². The molecule has 0 fully saturated rings. The molecule has 2 atom stereocenters.